The number of nitrogen functional groups attached to an aromatic ring is 1. The molecule has 0 aromatic heterocycles. The monoisotopic (exact) mass is 306 g/mol. The van der Waals surface area contributed by atoms with Gasteiger partial charge in [0.05, 0.1) is 7.11 Å². The molecule has 1 atom stereocenters. The Morgan fingerprint density at radius 1 is 1.14 bits per heavy atom. The minimum atomic E-state index is 0. The molecule has 2 rings (SSSR count). The third kappa shape index (κ3) is 4.66. The Bertz CT molecular complexity index is 557. The van der Waals surface area contributed by atoms with Crippen molar-refractivity contribution in [2.75, 3.05) is 19.9 Å². The van der Waals surface area contributed by atoms with Gasteiger partial charge in [-0.3, -0.25) is 4.90 Å². The Labute approximate surface area is 133 Å². The van der Waals surface area contributed by atoms with E-state index in [1.807, 2.05) is 30.3 Å². The molecule has 0 aliphatic carbocycles. The molecule has 114 valence electrons. The van der Waals surface area contributed by atoms with E-state index in [1.54, 1.807) is 7.11 Å². The highest BCUT2D eigenvalue weighted by atomic mass is 35.5. The van der Waals surface area contributed by atoms with Crippen molar-refractivity contribution >= 4 is 18.1 Å². The predicted octanol–water partition coefficient (Wildman–Crippen LogP) is 3.89. The van der Waals surface area contributed by atoms with Crippen molar-refractivity contribution in [3.05, 3.63) is 59.7 Å². The van der Waals surface area contributed by atoms with Crippen LogP contribution >= 0.6 is 12.4 Å². The largest absolute Gasteiger partial charge is 0.497 e. The molecule has 2 N–H and O–H groups in total. The molecule has 0 amide bonds. The summed E-state index contributed by atoms with van der Waals surface area (Å²) in [6.07, 6.45) is 0. The first-order chi connectivity index (χ1) is 9.60. The lowest BCUT2D eigenvalue weighted by Gasteiger charge is -2.25. The van der Waals surface area contributed by atoms with Crippen molar-refractivity contribution < 1.29 is 4.74 Å². The van der Waals surface area contributed by atoms with E-state index >= 15 is 0 Å². The van der Waals surface area contributed by atoms with Gasteiger partial charge in [0.1, 0.15) is 5.75 Å². The number of halogens is 1. The number of hydrogen-bond acceptors (Lipinski definition) is 3. The van der Waals surface area contributed by atoms with Gasteiger partial charge in [0.25, 0.3) is 0 Å². The van der Waals surface area contributed by atoms with Crippen LogP contribution in [0.3, 0.4) is 0 Å². The molecule has 0 saturated carbocycles. The average Bonchev–Trinajstić information content (AvgIpc) is 2.46. The van der Waals surface area contributed by atoms with Crippen molar-refractivity contribution in [2.45, 2.75) is 19.5 Å². The van der Waals surface area contributed by atoms with E-state index in [1.165, 1.54) is 11.1 Å². The Morgan fingerprint density at radius 2 is 1.81 bits per heavy atom. The summed E-state index contributed by atoms with van der Waals surface area (Å²) in [6.45, 7) is 3.08. The standard InChI is InChI=1S/C17H22N2O.ClH/c1-13(15-7-9-17(20-3)10-8-15)19(2)12-14-5-4-6-16(18)11-14;/h4-11,13H,12,18H2,1-3H3;1H. The first kappa shape index (κ1) is 17.3. The average molecular weight is 307 g/mol. The molecule has 0 bridgehead atoms. The molecule has 0 fully saturated rings. The van der Waals surface area contributed by atoms with Crippen LogP contribution in [0, 0.1) is 0 Å². The summed E-state index contributed by atoms with van der Waals surface area (Å²) >= 11 is 0. The van der Waals surface area contributed by atoms with Gasteiger partial charge in [-0.25, -0.2) is 0 Å². The fraction of sp³-hybridized carbons (Fsp3) is 0.294. The van der Waals surface area contributed by atoms with Gasteiger partial charge in [0.15, 0.2) is 0 Å². The van der Waals surface area contributed by atoms with E-state index in [2.05, 4.69) is 37.1 Å². The minimum absolute atomic E-state index is 0. The SMILES string of the molecule is COc1ccc(C(C)N(C)Cc2cccc(N)c2)cc1.Cl. The second-order valence-electron chi connectivity index (χ2n) is 5.11. The number of rotatable bonds is 5. The fourth-order valence-corrected chi connectivity index (χ4v) is 2.25. The van der Waals surface area contributed by atoms with E-state index in [0.29, 0.717) is 6.04 Å². The van der Waals surface area contributed by atoms with Crippen LogP contribution in [0.25, 0.3) is 0 Å². The highest BCUT2D eigenvalue weighted by molar-refractivity contribution is 5.85. The molecule has 0 aliphatic rings. The highest BCUT2D eigenvalue weighted by Crippen LogP contribution is 2.23. The maximum Gasteiger partial charge on any atom is 0.118 e. The molecule has 21 heavy (non-hydrogen) atoms. The summed E-state index contributed by atoms with van der Waals surface area (Å²) in [5.74, 6) is 0.888. The van der Waals surface area contributed by atoms with Crippen molar-refractivity contribution in [2.24, 2.45) is 0 Å². The van der Waals surface area contributed by atoms with E-state index in [9.17, 15) is 0 Å². The molecule has 0 spiro atoms. The molecule has 1 unspecified atom stereocenters. The molecule has 4 heteroatoms. The zero-order valence-electron chi connectivity index (χ0n) is 12.7. The zero-order chi connectivity index (χ0) is 14.5. The number of methoxy groups -OCH3 is 1. The number of ether oxygens (including phenoxy) is 1. The second kappa shape index (κ2) is 7.91. The van der Waals surface area contributed by atoms with Crippen LogP contribution in [0.5, 0.6) is 5.75 Å². The third-order valence-corrected chi connectivity index (χ3v) is 3.64. The molecule has 0 radical (unpaired) electrons. The van der Waals surface area contributed by atoms with E-state index in [4.69, 9.17) is 10.5 Å². The van der Waals surface area contributed by atoms with Gasteiger partial charge < -0.3 is 10.5 Å². The summed E-state index contributed by atoms with van der Waals surface area (Å²) in [5.41, 5.74) is 9.14. The summed E-state index contributed by atoms with van der Waals surface area (Å²) in [5, 5.41) is 0. The van der Waals surface area contributed by atoms with Crippen LogP contribution in [0.4, 0.5) is 5.69 Å². The number of hydrogen-bond donors (Lipinski definition) is 1. The van der Waals surface area contributed by atoms with E-state index < -0.39 is 0 Å². The van der Waals surface area contributed by atoms with Crippen molar-refractivity contribution in [1.82, 2.24) is 4.90 Å². The van der Waals surface area contributed by atoms with Gasteiger partial charge in [-0.2, -0.15) is 0 Å². The predicted molar refractivity (Wildman–Crippen MR) is 91.0 cm³/mol. The van der Waals surface area contributed by atoms with Gasteiger partial charge in [0.2, 0.25) is 0 Å². The van der Waals surface area contributed by atoms with Crippen LogP contribution in [0.2, 0.25) is 0 Å². The Hall–Kier alpha value is -1.71. The van der Waals surface area contributed by atoms with Crippen molar-refractivity contribution in [3.8, 4) is 5.75 Å². The van der Waals surface area contributed by atoms with Crippen molar-refractivity contribution in [3.63, 3.8) is 0 Å². The Morgan fingerprint density at radius 3 is 2.38 bits per heavy atom. The van der Waals surface area contributed by atoms with Crippen LogP contribution in [-0.2, 0) is 6.54 Å². The minimum Gasteiger partial charge on any atom is -0.497 e. The van der Waals surface area contributed by atoms with Gasteiger partial charge >= 0.3 is 0 Å². The molecule has 0 aliphatic heterocycles. The summed E-state index contributed by atoms with van der Waals surface area (Å²) in [7, 11) is 3.81. The normalized spacial score (nSPS) is 11.8. The van der Waals surface area contributed by atoms with Crippen LogP contribution in [-0.4, -0.2) is 19.1 Å². The molecule has 0 saturated heterocycles. The maximum atomic E-state index is 5.82. The van der Waals surface area contributed by atoms with E-state index in [-0.39, 0.29) is 12.4 Å². The molecule has 3 nitrogen and oxygen atoms in total. The van der Waals surface area contributed by atoms with Gasteiger partial charge in [-0.05, 0) is 49.4 Å². The number of nitrogens with two attached hydrogens (primary N) is 1. The molecule has 2 aromatic carbocycles. The fourth-order valence-electron chi connectivity index (χ4n) is 2.25. The Kier molecular flexibility index (Phi) is 6.53. The molecular formula is C17H23ClN2O. The Balaban J connectivity index is 0.00000220. The smallest absolute Gasteiger partial charge is 0.118 e. The molecule has 2 aromatic rings. The maximum absolute atomic E-state index is 5.82. The molecular weight excluding hydrogens is 284 g/mol. The topological polar surface area (TPSA) is 38.5 Å². The molecule has 0 heterocycles. The van der Waals surface area contributed by atoms with Crippen LogP contribution in [0.15, 0.2) is 48.5 Å². The summed E-state index contributed by atoms with van der Waals surface area (Å²) in [6, 6.07) is 16.6. The van der Waals surface area contributed by atoms with Crippen LogP contribution < -0.4 is 10.5 Å². The second-order valence-corrected chi connectivity index (χ2v) is 5.11. The van der Waals surface area contributed by atoms with Gasteiger partial charge in [-0.1, -0.05) is 24.3 Å². The lowest BCUT2D eigenvalue weighted by atomic mass is 10.1. The van der Waals surface area contributed by atoms with Gasteiger partial charge in [0, 0.05) is 18.3 Å². The number of benzene rings is 2. The number of anilines is 1. The first-order valence-corrected chi connectivity index (χ1v) is 6.79. The lowest BCUT2D eigenvalue weighted by Crippen LogP contribution is -2.21. The quantitative estimate of drug-likeness (QED) is 0.852. The lowest BCUT2D eigenvalue weighted by molar-refractivity contribution is 0.253. The number of nitrogens with zero attached hydrogens (tertiary/aromatic N) is 1. The first-order valence-electron chi connectivity index (χ1n) is 6.79. The summed E-state index contributed by atoms with van der Waals surface area (Å²) in [4.78, 5) is 2.30. The zero-order valence-corrected chi connectivity index (χ0v) is 13.6. The third-order valence-electron chi connectivity index (χ3n) is 3.64. The summed E-state index contributed by atoms with van der Waals surface area (Å²) < 4.78 is 5.19. The highest BCUT2D eigenvalue weighted by Gasteiger charge is 2.12. The van der Waals surface area contributed by atoms with E-state index in [0.717, 1.165) is 18.0 Å². The van der Waals surface area contributed by atoms with Crippen LogP contribution in [0.1, 0.15) is 24.1 Å². The van der Waals surface area contributed by atoms with Gasteiger partial charge in [-0.15, -0.1) is 12.4 Å². The van der Waals surface area contributed by atoms with Crippen molar-refractivity contribution in [1.29, 1.82) is 0 Å².